The lowest BCUT2D eigenvalue weighted by atomic mass is 10.2. The van der Waals surface area contributed by atoms with Crippen LogP contribution in [0.15, 0.2) is 6.07 Å². The molecule has 88 valence electrons. The van der Waals surface area contributed by atoms with Gasteiger partial charge in [0.1, 0.15) is 5.69 Å². The number of amides is 1. The molecule has 1 aliphatic carbocycles. The van der Waals surface area contributed by atoms with Crippen LogP contribution in [0.4, 0.5) is 0 Å². The van der Waals surface area contributed by atoms with E-state index >= 15 is 0 Å². The van der Waals surface area contributed by atoms with Crippen molar-refractivity contribution in [2.45, 2.75) is 51.5 Å². The normalized spacial score (nSPS) is 17.1. The summed E-state index contributed by atoms with van der Waals surface area (Å²) in [5.74, 6) is 0.547. The zero-order valence-corrected chi connectivity index (χ0v) is 9.92. The zero-order valence-electron chi connectivity index (χ0n) is 9.92. The molecule has 1 saturated carbocycles. The van der Waals surface area contributed by atoms with Crippen molar-refractivity contribution < 1.29 is 4.79 Å². The van der Waals surface area contributed by atoms with Crippen LogP contribution in [0.25, 0.3) is 0 Å². The first kappa shape index (κ1) is 11.2. The van der Waals surface area contributed by atoms with E-state index in [4.69, 9.17) is 0 Å². The summed E-state index contributed by atoms with van der Waals surface area (Å²) >= 11 is 0. The van der Waals surface area contributed by atoms with Gasteiger partial charge in [0.25, 0.3) is 5.91 Å². The van der Waals surface area contributed by atoms with Gasteiger partial charge in [0, 0.05) is 17.7 Å². The Morgan fingerprint density at radius 1 is 1.69 bits per heavy atom. The Labute approximate surface area is 95.8 Å². The van der Waals surface area contributed by atoms with Gasteiger partial charge in [-0.1, -0.05) is 13.3 Å². The van der Waals surface area contributed by atoms with E-state index in [1.165, 1.54) is 12.8 Å². The summed E-state index contributed by atoms with van der Waals surface area (Å²) in [7, 11) is 0. The Balaban J connectivity index is 1.92. The maximum atomic E-state index is 11.8. The Hall–Kier alpha value is -1.32. The first-order chi connectivity index (χ1) is 7.70. The van der Waals surface area contributed by atoms with Crippen molar-refractivity contribution in [3.8, 4) is 0 Å². The molecule has 1 amide bonds. The molecule has 1 unspecified atom stereocenters. The van der Waals surface area contributed by atoms with E-state index in [0.29, 0.717) is 11.6 Å². The van der Waals surface area contributed by atoms with Crippen LogP contribution in [0, 0.1) is 0 Å². The molecule has 0 aromatic carbocycles. The van der Waals surface area contributed by atoms with Gasteiger partial charge in [0.2, 0.25) is 0 Å². The van der Waals surface area contributed by atoms with Crippen LogP contribution >= 0.6 is 0 Å². The molecule has 1 atom stereocenters. The summed E-state index contributed by atoms with van der Waals surface area (Å²) in [6.45, 7) is 4.14. The maximum Gasteiger partial charge on any atom is 0.271 e. The summed E-state index contributed by atoms with van der Waals surface area (Å²) in [6.07, 6.45) is 4.52. The van der Waals surface area contributed by atoms with E-state index in [0.717, 1.165) is 18.5 Å². The van der Waals surface area contributed by atoms with E-state index < -0.39 is 0 Å². The average molecular weight is 221 g/mol. The molecule has 0 radical (unpaired) electrons. The van der Waals surface area contributed by atoms with Crippen molar-refractivity contribution >= 4 is 5.91 Å². The molecule has 2 N–H and O–H groups in total. The number of carbonyl (C=O) groups is 1. The minimum atomic E-state index is -0.0656. The molecule has 0 bridgehead atoms. The largest absolute Gasteiger partial charge is 0.348 e. The third-order valence-corrected chi connectivity index (χ3v) is 2.95. The number of hydrogen-bond acceptors (Lipinski definition) is 2. The molecule has 2 rings (SSSR count). The van der Waals surface area contributed by atoms with Gasteiger partial charge in [-0.15, -0.1) is 0 Å². The zero-order chi connectivity index (χ0) is 11.5. The molecule has 4 nitrogen and oxygen atoms in total. The number of aromatic nitrogens is 2. The van der Waals surface area contributed by atoms with E-state index in [9.17, 15) is 4.79 Å². The highest BCUT2D eigenvalue weighted by atomic mass is 16.2. The lowest BCUT2D eigenvalue weighted by molar-refractivity contribution is 0.0933. The van der Waals surface area contributed by atoms with Crippen molar-refractivity contribution in [1.82, 2.24) is 15.5 Å². The highest BCUT2D eigenvalue weighted by molar-refractivity contribution is 5.92. The Morgan fingerprint density at radius 3 is 3.06 bits per heavy atom. The number of nitrogens with one attached hydrogen (secondary N) is 2. The van der Waals surface area contributed by atoms with Crippen LogP contribution < -0.4 is 5.32 Å². The predicted molar refractivity (Wildman–Crippen MR) is 62.4 cm³/mol. The van der Waals surface area contributed by atoms with Gasteiger partial charge in [-0.05, 0) is 32.3 Å². The third kappa shape index (κ3) is 2.62. The quantitative estimate of drug-likeness (QED) is 0.800. The van der Waals surface area contributed by atoms with E-state index in [1.807, 2.05) is 13.0 Å². The first-order valence-corrected chi connectivity index (χ1v) is 6.07. The van der Waals surface area contributed by atoms with Gasteiger partial charge < -0.3 is 5.32 Å². The molecule has 1 fully saturated rings. The second kappa shape index (κ2) is 4.68. The van der Waals surface area contributed by atoms with E-state index in [2.05, 4.69) is 22.4 Å². The van der Waals surface area contributed by atoms with Crippen LogP contribution in [-0.2, 0) is 0 Å². The van der Waals surface area contributed by atoms with Crippen molar-refractivity contribution in [2.24, 2.45) is 0 Å². The SMILES string of the molecule is CCCC(C)NC(=O)c1cc(C2CC2)[nH]n1. The number of hydrogen-bond donors (Lipinski definition) is 2. The van der Waals surface area contributed by atoms with Crippen molar-refractivity contribution in [2.75, 3.05) is 0 Å². The highest BCUT2D eigenvalue weighted by Gasteiger charge is 2.26. The first-order valence-electron chi connectivity index (χ1n) is 6.07. The third-order valence-electron chi connectivity index (χ3n) is 2.95. The lowest BCUT2D eigenvalue weighted by Crippen LogP contribution is -2.32. The summed E-state index contributed by atoms with van der Waals surface area (Å²) in [6, 6.07) is 2.10. The number of H-pyrrole nitrogens is 1. The summed E-state index contributed by atoms with van der Waals surface area (Å²) in [5.41, 5.74) is 1.62. The fraction of sp³-hybridized carbons (Fsp3) is 0.667. The number of rotatable bonds is 5. The van der Waals surface area contributed by atoms with Gasteiger partial charge >= 0.3 is 0 Å². The summed E-state index contributed by atoms with van der Waals surface area (Å²) < 4.78 is 0. The van der Waals surface area contributed by atoms with E-state index in [-0.39, 0.29) is 11.9 Å². The van der Waals surface area contributed by atoms with Crippen LogP contribution in [0.2, 0.25) is 0 Å². The minimum absolute atomic E-state index is 0.0656. The summed E-state index contributed by atoms with van der Waals surface area (Å²) in [5, 5.41) is 9.94. The second-order valence-corrected chi connectivity index (χ2v) is 4.65. The monoisotopic (exact) mass is 221 g/mol. The van der Waals surface area contributed by atoms with Gasteiger partial charge in [-0.3, -0.25) is 9.89 Å². The Kier molecular flexibility index (Phi) is 3.27. The standard InChI is InChI=1S/C12H19N3O/c1-3-4-8(2)13-12(16)11-7-10(14-15-11)9-5-6-9/h7-9H,3-6H2,1-2H3,(H,13,16)(H,14,15). The predicted octanol–water partition coefficient (Wildman–Crippen LogP) is 2.21. The minimum Gasteiger partial charge on any atom is -0.348 e. The number of aromatic amines is 1. The molecular weight excluding hydrogens is 202 g/mol. The smallest absolute Gasteiger partial charge is 0.271 e. The molecular formula is C12H19N3O. The summed E-state index contributed by atoms with van der Waals surface area (Å²) in [4.78, 5) is 11.8. The van der Waals surface area contributed by atoms with Crippen molar-refractivity contribution in [3.05, 3.63) is 17.5 Å². The van der Waals surface area contributed by atoms with Gasteiger partial charge in [0.15, 0.2) is 0 Å². The van der Waals surface area contributed by atoms with Crippen LogP contribution in [-0.4, -0.2) is 22.1 Å². The maximum absolute atomic E-state index is 11.8. The molecule has 0 aliphatic heterocycles. The van der Waals surface area contributed by atoms with Crippen LogP contribution in [0.3, 0.4) is 0 Å². The molecule has 16 heavy (non-hydrogen) atoms. The van der Waals surface area contributed by atoms with Crippen LogP contribution in [0.1, 0.15) is 61.6 Å². The second-order valence-electron chi connectivity index (χ2n) is 4.65. The molecule has 1 heterocycles. The van der Waals surface area contributed by atoms with Gasteiger partial charge in [-0.25, -0.2) is 0 Å². The van der Waals surface area contributed by atoms with Crippen molar-refractivity contribution in [3.63, 3.8) is 0 Å². The molecule has 0 spiro atoms. The number of carbonyl (C=O) groups excluding carboxylic acids is 1. The topological polar surface area (TPSA) is 57.8 Å². The van der Waals surface area contributed by atoms with Gasteiger partial charge in [-0.2, -0.15) is 5.10 Å². The lowest BCUT2D eigenvalue weighted by Gasteiger charge is -2.10. The van der Waals surface area contributed by atoms with Crippen molar-refractivity contribution in [1.29, 1.82) is 0 Å². The number of nitrogens with zero attached hydrogens (tertiary/aromatic N) is 1. The molecule has 1 aromatic rings. The molecule has 0 saturated heterocycles. The Bertz CT molecular complexity index is 368. The van der Waals surface area contributed by atoms with Gasteiger partial charge in [0.05, 0.1) is 0 Å². The highest BCUT2D eigenvalue weighted by Crippen LogP contribution is 2.38. The average Bonchev–Trinajstić information content (AvgIpc) is 2.96. The molecule has 4 heteroatoms. The fourth-order valence-corrected chi connectivity index (χ4v) is 1.86. The van der Waals surface area contributed by atoms with E-state index in [1.54, 1.807) is 0 Å². The fourth-order valence-electron chi connectivity index (χ4n) is 1.86. The van der Waals surface area contributed by atoms with Crippen LogP contribution in [0.5, 0.6) is 0 Å². The molecule has 1 aromatic heterocycles. The molecule has 1 aliphatic rings. The Morgan fingerprint density at radius 2 is 2.44 bits per heavy atom.